The Bertz CT molecular complexity index is 571. The van der Waals surface area contributed by atoms with Gasteiger partial charge in [-0.2, -0.15) is 0 Å². The molecule has 6 nitrogen and oxygen atoms in total. The van der Waals surface area contributed by atoms with Crippen LogP contribution in [0.4, 0.5) is 9.18 Å². The molecule has 0 aromatic carbocycles. The Hall–Kier alpha value is -2.02. The highest BCUT2D eigenvalue weighted by atomic mass is 19.1. The molecule has 2 rings (SSSR count). The molecule has 1 aliphatic heterocycles. The van der Waals surface area contributed by atoms with Gasteiger partial charge in [-0.3, -0.25) is 14.7 Å². The predicted octanol–water partition coefficient (Wildman–Crippen LogP) is 2.04. The zero-order valence-electron chi connectivity index (χ0n) is 12.8. The normalized spacial score (nSPS) is 18.9. The molecule has 0 saturated carbocycles. The fraction of sp³-hybridized carbons (Fsp3) is 0.533. The highest BCUT2D eigenvalue weighted by molar-refractivity contribution is 6.01. The molecule has 2 heterocycles. The van der Waals surface area contributed by atoms with Crippen molar-refractivity contribution in [2.75, 3.05) is 19.8 Å². The van der Waals surface area contributed by atoms with Gasteiger partial charge < -0.3 is 9.47 Å². The van der Waals surface area contributed by atoms with Crippen molar-refractivity contribution >= 4 is 11.9 Å². The smallest absolute Gasteiger partial charge is 0.411 e. The number of ether oxygens (including phenoxy) is 2. The van der Waals surface area contributed by atoms with E-state index in [2.05, 4.69) is 4.98 Å². The van der Waals surface area contributed by atoms with E-state index in [1.807, 2.05) is 0 Å². The van der Waals surface area contributed by atoms with Gasteiger partial charge in [-0.05, 0) is 26.8 Å². The lowest BCUT2D eigenvalue weighted by molar-refractivity contribution is -0.0265. The van der Waals surface area contributed by atoms with E-state index in [0.29, 0.717) is 6.61 Å². The minimum Gasteiger partial charge on any atom is -0.444 e. The third-order valence-electron chi connectivity index (χ3n) is 3.05. The summed E-state index contributed by atoms with van der Waals surface area (Å²) in [5, 5.41) is 0. The van der Waals surface area contributed by atoms with Crippen molar-refractivity contribution in [3.63, 3.8) is 0 Å². The van der Waals surface area contributed by atoms with Crippen LogP contribution < -0.4 is 0 Å². The van der Waals surface area contributed by atoms with Crippen molar-refractivity contribution in [2.24, 2.45) is 0 Å². The number of pyridine rings is 1. The average molecular weight is 310 g/mol. The predicted molar refractivity (Wildman–Crippen MR) is 76.1 cm³/mol. The summed E-state index contributed by atoms with van der Waals surface area (Å²) in [5.41, 5.74) is -0.562. The maximum absolute atomic E-state index is 13.2. The summed E-state index contributed by atoms with van der Waals surface area (Å²) in [6.07, 6.45) is 1.70. The average Bonchev–Trinajstić information content (AvgIpc) is 2.44. The number of ketones is 1. The number of hydrogen-bond donors (Lipinski definition) is 0. The van der Waals surface area contributed by atoms with Crippen LogP contribution in [0.2, 0.25) is 0 Å². The summed E-state index contributed by atoms with van der Waals surface area (Å²) in [6, 6.07) is 0.254. The lowest BCUT2D eigenvalue weighted by Crippen LogP contribution is -2.53. The van der Waals surface area contributed by atoms with Crippen LogP contribution in [-0.4, -0.2) is 53.2 Å². The van der Waals surface area contributed by atoms with Gasteiger partial charge in [-0.15, -0.1) is 0 Å². The number of morpholine rings is 1. The molecule has 1 amide bonds. The zero-order chi connectivity index (χ0) is 16.3. The maximum Gasteiger partial charge on any atom is 0.411 e. The topological polar surface area (TPSA) is 68.7 Å². The van der Waals surface area contributed by atoms with E-state index < -0.39 is 29.3 Å². The first-order valence-electron chi connectivity index (χ1n) is 7.00. The van der Waals surface area contributed by atoms with E-state index in [0.717, 1.165) is 12.3 Å². The third-order valence-corrected chi connectivity index (χ3v) is 3.05. The van der Waals surface area contributed by atoms with Crippen LogP contribution in [0.3, 0.4) is 0 Å². The first-order chi connectivity index (χ1) is 10.3. The van der Waals surface area contributed by atoms with Crippen LogP contribution in [0.25, 0.3) is 0 Å². The third kappa shape index (κ3) is 4.00. The molecule has 120 valence electrons. The van der Waals surface area contributed by atoms with E-state index in [1.165, 1.54) is 11.1 Å². The number of amides is 1. The van der Waals surface area contributed by atoms with Crippen molar-refractivity contribution in [3.05, 3.63) is 29.8 Å². The highest BCUT2D eigenvalue weighted by Crippen LogP contribution is 2.18. The molecule has 0 bridgehead atoms. The second kappa shape index (κ2) is 6.39. The number of carbonyl (C=O) groups is 2. The number of Topliss-reactive ketones (excluding diaryl/α,β-unsaturated/α-hetero) is 1. The Morgan fingerprint density at radius 3 is 2.77 bits per heavy atom. The van der Waals surface area contributed by atoms with Crippen molar-refractivity contribution in [1.82, 2.24) is 9.88 Å². The number of aromatic nitrogens is 1. The maximum atomic E-state index is 13.2. The van der Waals surface area contributed by atoms with Crippen molar-refractivity contribution in [2.45, 2.75) is 32.4 Å². The Labute approximate surface area is 128 Å². The summed E-state index contributed by atoms with van der Waals surface area (Å²) in [7, 11) is 0. The highest BCUT2D eigenvalue weighted by Gasteiger charge is 2.36. The monoisotopic (exact) mass is 310 g/mol. The van der Waals surface area contributed by atoms with Crippen LogP contribution in [0, 0.1) is 5.82 Å². The Kier molecular flexibility index (Phi) is 4.75. The van der Waals surface area contributed by atoms with Crippen LogP contribution >= 0.6 is 0 Å². The van der Waals surface area contributed by atoms with E-state index in [1.54, 1.807) is 20.8 Å². The molecule has 1 aromatic heterocycles. The van der Waals surface area contributed by atoms with Crippen molar-refractivity contribution in [1.29, 1.82) is 0 Å². The van der Waals surface area contributed by atoms with Gasteiger partial charge in [-0.25, -0.2) is 9.18 Å². The van der Waals surface area contributed by atoms with Gasteiger partial charge in [0.1, 0.15) is 17.5 Å². The summed E-state index contributed by atoms with van der Waals surface area (Å²) in [6.45, 7) is 5.86. The molecule has 0 spiro atoms. The van der Waals surface area contributed by atoms with E-state index >= 15 is 0 Å². The van der Waals surface area contributed by atoms with Crippen molar-refractivity contribution in [3.8, 4) is 0 Å². The Morgan fingerprint density at radius 1 is 1.41 bits per heavy atom. The molecule has 1 saturated heterocycles. The number of carbonyl (C=O) groups excluding carboxylic acids is 2. The molecule has 7 heteroatoms. The molecule has 0 aliphatic carbocycles. The first kappa shape index (κ1) is 16.4. The van der Waals surface area contributed by atoms with Gasteiger partial charge in [0.2, 0.25) is 0 Å². The van der Waals surface area contributed by atoms with Crippen LogP contribution in [0.1, 0.15) is 31.1 Å². The molecule has 0 radical (unpaired) electrons. The van der Waals surface area contributed by atoms with E-state index in [4.69, 9.17) is 9.47 Å². The van der Waals surface area contributed by atoms with Gasteiger partial charge in [-0.1, -0.05) is 0 Å². The summed E-state index contributed by atoms with van der Waals surface area (Å²) in [5.74, 6) is -1.02. The summed E-state index contributed by atoms with van der Waals surface area (Å²) in [4.78, 5) is 29.7. The molecule has 1 atom stereocenters. The van der Waals surface area contributed by atoms with Gasteiger partial charge in [0.25, 0.3) is 0 Å². The second-order valence-electron chi connectivity index (χ2n) is 6.02. The van der Waals surface area contributed by atoms with Gasteiger partial charge in [0, 0.05) is 18.3 Å². The molecule has 1 unspecified atom stereocenters. The van der Waals surface area contributed by atoms with Gasteiger partial charge in [0.05, 0.1) is 19.4 Å². The van der Waals surface area contributed by atoms with E-state index in [-0.39, 0.29) is 18.7 Å². The Morgan fingerprint density at radius 2 is 2.14 bits per heavy atom. The van der Waals surface area contributed by atoms with Crippen LogP contribution in [-0.2, 0) is 9.47 Å². The number of nitrogens with zero attached hydrogens (tertiary/aromatic N) is 2. The largest absolute Gasteiger partial charge is 0.444 e. The zero-order valence-corrected chi connectivity index (χ0v) is 12.8. The minimum atomic E-state index is -0.841. The molecule has 22 heavy (non-hydrogen) atoms. The van der Waals surface area contributed by atoms with Crippen LogP contribution in [0.15, 0.2) is 18.5 Å². The summed E-state index contributed by atoms with van der Waals surface area (Å²) >= 11 is 0. The molecule has 1 aromatic rings. The lowest BCUT2D eigenvalue weighted by atomic mass is 10.0. The quantitative estimate of drug-likeness (QED) is 0.782. The van der Waals surface area contributed by atoms with Gasteiger partial charge in [0.15, 0.2) is 5.78 Å². The molecular weight excluding hydrogens is 291 g/mol. The standard InChI is InChI=1S/C15H19FN2O4/c1-15(2,3)22-14(20)18-4-5-21-9-12(18)13(19)10-6-11(16)8-17-7-10/h6-8,12H,4-5,9H2,1-3H3. The second-order valence-corrected chi connectivity index (χ2v) is 6.02. The molecule has 1 aliphatic rings. The molecule has 0 N–H and O–H groups in total. The fourth-order valence-corrected chi connectivity index (χ4v) is 2.10. The lowest BCUT2D eigenvalue weighted by Gasteiger charge is -2.35. The summed E-state index contributed by atoms with van der Waals surface area (Å²) < 4.78 is 23.8. The number of halogens is 1. The molecular formula is C15H19FN2O4. The minimum absolute atomic E-state index is 0.0502. The Balaban J connectivity index is 2.19. The fourth-order valence-electron chi connectivity index (χ4n) is 2.10. The number of hydrogen-bond acceptors (Lipinski definition) is 5. The number of rotatable bonds is 2. The SMILES string of the molecule is CC(C)(C)OC(=O)N1CCOCC1C(=O)c1cncc(F)c1. The van der Waals surface area contributed by atoms with Crippen LogP contribution in [0.5, 0.6) is 0 Å². The molecule has 1 fully saturated rings. The van der Waals surface area contributed by atoms with E-state index in [9.17, 15) is 14.0 Å². The van der Waals surface area contributed by atoms with Crippen molar-refractivity contribution < 1.29 is 23.5 Å². The van der Waals surface area contributed by atoms with Gasteiger partial charge >= 0.3 is 6.09 Å². The first-order valence-corrected chi connectivity index (χ1v) is 7.00.